The monoisotopic (exact) mass is 173 g/mol. The lowest BCUT2D eigenvalue weighted by atomic mass is 10.4. The zero-order valence-electron chi connectivity index (χ0n) is 6.57. The largest absolute Gasteiger partial charge is 0.281 e. The molecule has 1 heterocycles. The van der Waals surface area contributed by atoms with Crippen molar-refractivity contribution in [3.05, 3.63) is 18.0 Å². The second kappa shape index (κ2) is 3.64. The van der Waals surface area contributed by atoms with Gasteiger partial charge in [-0.3, -0.25) is 5.10 Å². The van der Waals surface area contributed by atoms with E-state index in [9.17, 15) is 4.21 Å². The van der Waals surface area contributed by atoms with Gasteiger partial charge in [0, 0.05) is 19.5 Å². The van der Waals surface area contributed by atoms with Crippen molar-refractivity contribution in [2.24, 2.45) is 0 Å². The zero-order valence-corrected chi connectivity index (χ0v) is 7.39. The van der Waals surface area contributed by atoms with Crippen LogP contribution >= 0.6 is 0 Å². The van der Waals surface area contributed by atoms with Gasteiger partial charge in [-0.2, -0.15) is 5.10 Å². The molecule has 1 N–H and O–H groups in total. The number of H-pyrrole nitrogens is 1. The molecule has 4 nitrogen and oxygen atoms in total. The lowest BCUT2D eigenvalue weighted by Crippen LogP contribution is -2.19. The van der Waals surface area contributed by atoms with Gasteiger partial charge in [0.2, 0.25) is 0 Å². The molecule has 62 valence electrons. The lowest BCUT2D eigenvalue weighted by molar-refractivity contribution is 0.516. The van der Waals surface area contributed by atoms with E-state index >= 15 is 0 Å². The fourth-order valence-electron chi connectivity index (χ4n) is 0.704. The summed E-state index contributed by atoms with van der Waals surface area (Å²) in [4.78, 5) is 0. The van der Waals surface area contributed by atoms with Crippen molar-refractivity contribution in [2.75, 3.05) is 13.3 Å². The van der Waals surface area contributed by atoms with Gasteiger partial charge in [0.05, 0.1) is 23.2 Å². The van der Waals surface area contributed by atoms with Crippen LogP contribution in [0.2, 0.25) is 0 Å². The van der Waals surface area contributed by atoms with Gasteiger partial charge in [-0.25, -0.2) is 8.51 Å². The maximum Gasteiger partial charge on any atom is 0.0911 e. The Bertz CT molecular complexity index is 234. The summed E-state index contributed by atoms with van der Waals surface area (Å²) in [5.74, 6) is 0. The first-order chi connectivity index (χ1) is 5.20. The van der Waals surface area contributed by atoms with Crippen LogP contribution in [-0.4, -0.2) is 32.0 Å². The summed E-state index contributed by atoms with van der Waals surface area (Å²) in [5.41, 5.74) is 0.975. The third-order valence-electron chi connectivity index (χ3n) is 1.39. The Kier molecular flexibility index (Phi) is 2.78. The SMILES string of the molecule is CN(Cc1ccn[nH]1)S(C)=O. The quantitative estimate of drug-likeness (QED) is 0.706. The van der Waals surface area contributed by atoms with E-state index in [0.717, 1.165) is 5.69 Å². The van der Waals surface area contributed by atoms with Gasteiger partial charge in [-0.05, 0) is 6.07 Å². The molecule has 0 amide bonds. The Balaban J connectivity index is 2.50. The number of nitrogens with zero attached hydrogens (tertiary/aromatic N) is 2. The lowest BCUT2D eigenvalue weighted by Gasteiger charge is -2.10. The van der Waals surface area contributed by atoms with Crippen molar-refractivity contribution >= 4 is 11.0 Å². The first kappa shape index (κ1) is 8.42. The fourth-order valence-corrected chi connectivity index (χ4v) is 1.02. The van der Waals surface area contributed by atoms with E-state index in [4.69, 9.17) is 0 Å². The van der Waals surface area contributed by atoms with E-state index in [-0.39, 0.29) is 0 Å². The van der Waals surface area contributed by atoms with Crippen molar-refractivity contribution in [2.45, 2.75) is 6.54 Å². The molecule has 1 rings (SSSR count). The average molecular weight is 173 g/mol. The predicted molar refractivity (Wildman–Crippen MR) is 44.1 cm³/mol. The van der Waals surface area contributed by atoms with Crippen LogP contribution in [-0.2, 0) is 17.5 Å². The van der Waals surface area contributed by atoms with E-state index in [2.05, 4.69) is 10.2 Å². The highest BCUT2D eigenvalue weighted by Gasteiger charge is 2.02. The van der Waals surface area contributed by atoms with Gasteiger partial charge < -0.3 is 0 Å². The Morgan fingerprint density at radius 3 is 3.00 bits per heavy atom. The molecule has 0 bridgehead atoms. The van der Waals surface area contributed by atoms with Crippen LogP contribution in [0.3, 0.4) is 0 Å². The van der Waals surface area contributed by atoms with E-state index < -0.39 is 11.0 Å². The maximum absolute atomic E-state index is 10.9. The van der Waals surface area contributed by atoms with E-state index in [1.807, 2.05) is 6.07 Å². The molecule has 0 saturated heterocycles. The van der Waals surface area contributed by atoms with Crippen LogP contribution in [0, 0.1) is 0 Å². The maximum atomic E-state index is 10.9. The molecular formula is C6H11N3OS. The van der Waals surface area contributed by atoms with Crippen LogP contribution < -0.4 is 0 Å². The molecule has 0 aliphatic carbocycles. The average Bonchev–Trinajstić information content (AvgIpc) is 2.39. The minimum absolute atomic E-state index is 0.642. The van der Waals surface area contributed by atoms with Crippen molar-refractivity contribution in [3.8, 4) is 0 Å². The molecule has 1 aromatic heterocycles. The van der Waals surface area contributed by atoms with Crippen molar-refractivity contribution < 1.29 is 4.21 Å². The van der Waals surface area contributed by atoms with Gasteiger partial charge in [-0.15, -0.1) is 0 Å². The topological polar surface area (TPSA) is 49.0 Å². The van der Waals surface area contributed by atoms with E-state index in [0.29, 0.717) is 6.54 Å². The number of aromatic nitrogens is 2. The molecule has 0 aliphatic heterocycles. The van der Waals surface area contributed by atoms with E-state index in [1.165, 1.54) is 0 Å². The molecule has 0 saturated carbocycles. The Morgan fingerprint density at radius 2 is 2.55 bits per heavy atom. The molecule has 1 unspecified atom stereocenters. The summed E-state index contributed by atoms with van der Waals surface area (Å²) in [7, 11) is 0.893. The summed E-state index contributed by atoms with van der Waals surface area (Å²) < 4.78 is 12.6. The van der Waals surface area contributed by atoms with Crippen LogP contribution in [0.25, 0.3) is 0 Å². The van der Waals surface area contributed by atoms with Gasteiger partial charge in [0.1, 0.15) is 0 Å². The molecule has 0 spiro atoms. The van der Waals surface area contributed by atoms with Crippen molar-refractivity contribution in [1.82, 2.24) is 14.5 Å². The second-order valence-corrected chi connectivity index (χ2v) is 3.76. The van der Waals surface area contributed by atoms with E-state index in [1.54, 1.807) is 23.8 Å². The fraction of sp³-hybridized carbons (Fsp3) is 0.500. The highest BCUT2D eigenvalue weighted by molar-refractivity contribution is 7.81. The molecule has 0 aromatic carbocycles. The minimum Gasteiger partial charge on any atom is -0.281 e. The van der Waals surface area contributed by atoms with Crippen molar-refractivity contribution in [3.63, 3.8) is 0 Å². The summed E-state index contributed by atoms with van der Waals surface area (Å²) in [5, 5.41) is 6.58. The molecule has 0 fully saturated rings. The third-order valence-corrected chi connectivity index (χ3v) is 2.40. The Morgan fingerprint density at radius 1 is 1.82 bits per heavy atom. The molecule has 11 heavy (non-hydrogen) atoms. The van der Waals surface area contributed by atoms with Crippen LogP contribution in [0.5, 0.6) is 0 Å². The molecule has 0 radical (unpaired) electrons. The highest BCUT2D eigenvalue weighted by Crippen LogP contribution is 1.98. The number of aromatic amines is 1. The first-order valence-electron chi connectivity index (χ1n) is 3.23. The molecule has 0 aliphatic rings. The number of rotatable bonds is 3. The highest BCUT2D eigenvalue weighted by atomic mass is 32.2. The Labute approximate surface area is 68.2 Å². The smallest absolute Gasteiger partial charge is 0.0911 e. The van der Waals surface area contributed by atoms with Crippen molar-refractivity contribution in [1.29, 1.82) is 0 Å². The van der Waals surface area contributed by atoms with Gasteiger partial charge >= 0.3 is 0 Å². The zero-order chi connectivity index (χ0) is 8.27. The van der Waals surface area contributed by atoms with Gasteiger partial charge in [0.15, 0.2) is 0 Å². The number of nitrogens with one attached hydrogen (secondary N) is 1. The molecule has 5 heteroatoms. The van der Waals surface area contributed by atoms with Gasteiger partial charge in [0.25, 0.3) is 0 Å². The second-order valence-electron chi connectivity index (χ2n) is 2.29. The third kappa shape index (κ3) is 2.44. The standard InChI is InChI=1S/C6H11N3OS/c1-9(11(2)10)5-6-3-4-7-8-6/h3-4H,5H2,1-2H3,(H,7,8). The normalized spacial score (nSPS) is 13.7. The predicted octanol–water partition coefficient (Wildman–Crippen LogP) is 0.135. The molecule has 1 aromatic rings. The van der Waals surface area contributed by atoms with Crippen LogP contribution in [0.15, 0.2) is 12.3 Å². The first-order valence-corrected chi connectivity index (χ1v) is 4.74. The summed E-state index contributed by atoms with van der Waals surface area (Å²) in [6, 6.07) is 1.86. The van der Waals surface area contributed by atoms with Crippen LogP contribution in [0.1, 0.15) is 5.69 Å². The number of hydrogen-bond acceptors (Lipinski definition) is 2. The Hall–Kier alpha value is -0.680. The molecular weight excluding hydrogens is 162 g/mol. The molecule has 1 atom stereocenters. The summed E-state index contributed by atoms with van der Waals surface area (Å²) >= 11 is 0. The summed E-state index contributed by atoms with van der Waals surface area (Å²) in [6.07, 6.45) is 3.33. The van der Waals surface area contributed by atoms with Crippen LogP contribution in [0.4, 0.5) is 0 Å². The summed E-state index contributed by atoms with van der Waals surface area (Å²) in [6.45, 7) is 0.642. The number of hydrogen-bond donors (Lipinski definition) is 1. The van der Waals surface area contributed by atoms with Gasteiger partial charge in [-0.1, -0.05) is 0 Å². The minimum atomic E-state index is -0.909.